The van der Waals surface area contributed by atoms with Gasteiger partial charge in [0.05, 0.1) is 36.9 Å². The first-order chi connectivity index (χ1) is 19.9. The minimum atomic E-state index is -2.27. The van der Waals surface area contributed by atoms with Crippen molar-refractivity contribution in [2.45, 2.75) is 116 Å². The summed E-state index contributed by atoms with van der Waals surface area (Å²) in [5.41, 5.74) is 0.0692. The number of ether oxygens (including phenoxy) is 4. The molecule has 1 aromatic rings. The van der Waals surface area contributed by atoms with Crippen LogP contribution in [0.25, 0.3) is 0 Å². The maximum Gasteiger partial charge on any atom is 0.192 e. The number of methoxy groups -OCH3 is 2. The summed E-state index contributed by atoms with van der Waals surface area (Å²) in [5, 5.41) is 12.7. The lowest BCUT2D eigenvalue weighted by Gasteiger charge is -2.66. The molecule has 1 heterocycles. The van der Waals surface area contributed by atoms with Gasteiger partial charge in [0, 0.05) is 38.4 Å². The number of allylic oxidation sites excluding steroid dienone is 3. The SMILES string of the molecule is COC(C[C@]1(C)[C@@H](O[Si](C)(C)C(C)(C)C)C[C@H]2OC[C@@]2(OCc2ccccc2)[C@H]1[C@H](O)C1=CC=C(C)C(=O)C1(C)C)OC. The van der Waals surface area contributed by atoms with E-state index < -0.39 is 43.1 Å². The zero-order valence-electron chi connectivity index (χ0n) is 28.2. The molecular formula is C35H54O7Si. The summed E-state index contributed by atoms with van der Waals surface area (Å²) in [6.45, 7) is 19.8. The first-order valence-electron chi connectivity index (χ1n) is 15.6. The number of aliphatic hydroxyl groups is 1. The molecule has 6 atom stereocenters. The van der Waals surface area contributed by atoms with Gasteiger partial charge >= 0.3 is 0 Å². The van der Waals surface area contributed by atoms with E-state index in [4.69, 9.17) is 23.4 Å². The van der Waals surface area contributed by atoms with Crippen LogP contribution in [0, 0.1) is 16.7 Å². The molecule has 0 spiro atoms. The van der Waals surface area contributed by atoms with Gasteiger partial charge in [0.15, 0.2) is 20.4 Å². The Morgan fingerprint density at radius 2 is 1.70 bits per heavy atom. The molecule has 8 heteroatoms. The molecule has 0 radical (unpaired) electrons. The van der Waals surface area contributed by atoms with Crippen LogP contribution in [0.3, 0.4) is 0 Å². The second-order valence-corrected chi connectivity index (χ2v) is 19.8. The van der Waals surface area contributed by atoms with E-state index in [9.17, 15) is 9.90 Å². The largest absolute Gasteiger partial charge is 0.413 e. The first-order valence-corrected chi connectivity index (χ1v) is 18.5. The van der Waals surface area contributed by atoms with Gasteiger partial charge in [-0.05, 0) is 55.6 Å². The summed E-state index contributed by atoms with van der Waals surface area (Å²) >= 11 is 0. The van der Waals surface area contributed by atoms with E-state index in [1.165, 1.54) is 0 Å². The zero-order valence-corrected chi connectivity index (χ0v) is 29.2. The maximum absolute atomic E-state index is 13.5. The molecule has 43 heavy (non-hydrogen) atoms. The summed E-state index contributed by atoms with van der Waals surface area (Å²) in [4.78, 5) is 13.5. The lowest BCUT2D eigenvalue weighted by Crippen LogP contribution is -2.76. The molecule has 0 unspecified atom stereocenters. The normalized spacial score (nSPS) is 31.7. The molecule has 0 bridgehead atoms. The van der Waals surface area contributed by atoms with Crippen molar-refractivity contribution in [1.82, 2.24) is 0 Å². The molecule has 1 aliphatic heterocycles. The highest BCUT2D eigenvalue weighted by Gasteiger charge is 2.70. The van der Waals surface area contributed by atoms with E-state index in [-0.39, 0.29) is 23.0 Å². The summed E-state index contributed by atoms with van der Waals surface area (Å²) in [6.07, 6.45) is 2.80. The van der Waals surface area contributed by atoms with Crippen molar-refractivity contribution in [3.8, 4) is 0 Å². The highest BCUT2D eigenvalue weighted by Crippen LogP contribution is 2.61. The number of carbonyl (C=O) groups is 1. The predicted octanol–water partition coefficient (Wildman–Crippen LogP) is 6.61. The number of benzene rings is 1. The van der Waals surface area contributed by atoms with Gasteiger partial charge in [0.2, 0.25) is 0 Å². The average molecular weight is 615 g/mol. The fourth-order valence-corrected chi connectivity index (χ4v) is 8.59. The number of aliphatic hydroxyl groups excluding tert-OH is 1. The van der Waals surface area contributed by atoms with Crippen molar-refractivity contribution < 1.29 is 33.3 Å². The van der Waals surface area contributed by atoms with E-state index in [1.807, 2.05) is 63.3 Å². The second kappa shape index (κ2) is 12.3. The molecule has 0 aromatic heterocycles. The van der Waals surface area contributed by atoms with Crippen molar-refractivity contribution in [2.75, 3.05) is 20.8 Å². The van der Waals surface area contributed by atoms with E-state index >= 15 is 0 Å². The first kappa shape index (κ1) is 34.2. The highest BCUT2D eigenvalue weighted by molar-refractivity contribution is 6.74. The number of ketones is 1. The standard InChI is InChI=1S/C35H54O7Si/c1-23-17-18-25(33(5,6)31(23)37)29(36)30-34(7,20-28(38-8)39-9)26(42-43(10,11)32(2,3)4)19-27-35(30,22-40-27)41-21-24-15-13-12-14-16-24/h12-18,26-30,36H,19-22H2,1-11H3/t26-,27+,29+,30-,34+,35-/m0/s1. The van der Waals surface area contributed by atoms with E-state index in [1.54, 1.807) is 14.2 Å². The van der Waals surface area contributed by atoms with Crippen LogP contribution >= 0.6 is 0 Å². The van der Waals surface area contributed by atoms with E-state index in [0.29, 0.717) is 37.2 Å². The van der Waals surface area contributed by atoms with Gasteiger partial charge in [-0.3, -0.25) is 4.79 Å². The quantitative estimate of drug-likeness (QED) is 0.222. The second-order valence-electron chi connectivity index (χ2n) is 15.1. The predicted molar refractivity (Wildman–Crippen MR) is 171 cm³/mol. The Morgan fingerprint density at radius 1 is 1.07 bits per heavy atom. The number of Topliss-reactive ketones (excluding diaryl/α,β-unsaturated/α-hetero) is 1. The third-order valence-electron chi connectivity index (χ3n) is 11.0. The van der Waals surface area contributed by atoms with Gasteiger partial charge in [-0.15, -0.1) is 0 Å². The van der Waals surface area contributed by atoms with Crippen LogP contribution in [0.2, 0.25) is 18.1 Å². The molecule has 0 amide bonds. The number of hydrogen-bond donors (Lipinski definition) is 1. The highest BCUT2D eigenvalue weighted by atomic mass is 28.4. The van der Waals surface area contributed by atoms with Crippen LogP contribution in [-0.4, -0.2) is 70.2 Å². The number of hydrogen-bond acceptors (Lipinski definition) is 7. The van der Waals surface area contributed by atoms with E-state index in [0.717, 1.165) is 5.56 Å². The van der Waals surface area contributed by atoms with Crippen molar-refractivity contribution in [1.29, 1.82) is 0 Å². The van der Waals surface area contributed by atoms with Crippen LogP contribution in [0.4, 0.5) is 0 Å². The molecule has 1 aromatic carbocycles. The summed E-state index contributed by atoms with van der Waals surface area (Å²) in [6, 6.07) is 10.1. The monoisotopic (exact) mass is 614 g/mol. The fourth-order valence-electron chi connectivity index (χ4n) is 7.16. The molecule has 4 rings (SSSR count). The molecule has 2 fully saturated rings. The van der Waals surface area contributed by atoms with Gasteiger partial charge in [0.25, 0.3) is 0 Å². The summed E-state index contributed by atoms with van der Waals surface area (Å²) < 4.78 is 32.1. The van der Waals surface area contributed by atoms with Crippen LogP contribution in [0.15, 0.2) is 53.6 Å². The molecule has 240 valence electrons. The molecule has 1 N–H and O–H groups in total. The fraction of sp³-hybridized carbons (Fsp3) is 0.686. The summed E-state index contributed by atoms with van der Waals surface area (Å²) in [5.74, 6) is -0.466. The van der Waals surface area contributed by atoms with Crippen molar-refractivity contribution in [3.63, 3.8) is 0 Å². The molecular weight excluding hydrogens is 560 g/mol. The van der Waals surface area contributed by atoms with Gasteiger partial charge in [-0.1, -0.05) is 70.2 Å². The van der Waals surface area contributed by atoms with Gasteiger partial charge in [0.1, 0.15) is 5.60 Å². The Bertz CT molecular complexity index is 1210. The third-order valence-corrected chi connectivity index (χ3v) is 15.5. The molecule has 3 aliphatic rings. The molecule has 2 aliphatic carbocycles. The number of rotatable bonds is 11. The van der Waals surface area contributed by atoms with Crippen molar-refractivity contribution >= 4 is 14.1 Å². The maximum atomic E-state index is 13.5. The van der Waals surface area contributed by atoms with Crippen LogP contribution in [0.1, 0.15) is 66.9 Å². The smallest absolute Gasteiger partial charge is 0.192 e. The van der Waals surface area contributed by atoms with E-state index in [2.05, 4.69) is 40.8 Å². The number of fused-ring (bicyclic) bond motifs is 1. The lowest BCUT2D eigenvalue weighted by molar-refractivity contribution is -0.352. The topological polar surface area (TPSA) is 83.5 Å². The van der Waals surface area contributed by atoms with Crippen molar-refractivity contribution in [3.05, 3.63) is 59.2 Å². The van der Waals surface area contributed by atoms with Crippen molar-refractivity contribution in [2.24, 2.45) is 16.7 Å². The number of carbonyl (C=O) groups excluding carboxylic acids is 1. The Hall–Kier alpha value is -1.65. The van der Waals surface area contributed by atoms with Gasteiger partial charge < -0.3 is 28.5 Å². The average Bonchev–Trinajstić information content (AvgIpc) is 2.93. The Balaban J connectivity index is 1.89. The third kappa shape index (κ3) is 6.13. The Kier molecular flexibility index (Phi) is 9.77. The molecule has 7 nitrogen and oxygen atoms in total. The molecule has 1 saturated carbocycles. The van der Waals surface area contributed by atoms with Crippen LogP contribution < -0.4 is 0 Å². The minimum absolute atomic E-state index is 0.0166. The Labute approximate surface area is 260 Å². The van der Waals surface area contributed by atoms with Gasteiger partial charge in [-0.2, -0.15) is 0 Å². The van der Waals surface area contributed by atoms with Crippen LogP contribution in [0.5, 0.6) is 0 Å². The molecule has 1 saturated heterocycles. The summed E-state index contributed by atoms with van der Waals surface area (Å²) in [7, 11) is 1.02. The van der Waals surface area contributed by atoms with Gasteiger partial charge in [-0.25, -0.2) is 0 Å². The van der Waals surface area contributed by atoms with Crippen LogP contribution in [-0.2, 0) is 34.8 Å². The zero-order chi connectivity index (χ0) is 32.0. The lowest BCUT2D eigenvalue weighted by atomic mass is 9.51. The Morgan fingerprint density at radius 3 is 2.23 bits per heavy atom. The minimum Gasteiger partial charge on any atom is -0.413 e.